The van der Waals surface area contributed by atoms with Crippen LogP contribution < -0.4 is 16.4 Å². The number of benzene rings is 1. The number of rotatable bonds is 12. The van der Waals surface area contributed by atoms with Gasteiger partial charge < -0.3 is 21.1 Å². The molecule has 4 N–H and O–H groups in total. The van der Waals surface area contributed by atoms with E-state index in [1.54, 1.807) is 6.92 Å². The van der Waals surface area contributed by atoms with E-state index in [4.69, 9.17) is 15.7 Å². The van der Waals surface area contributed by atoms with Gasteiger partial charge in [-0.25, -0.2) is 4.79 Å². The first-order valence-corrected chi connectivity index (χ1v) is 9.35. The zero-order valence-electron chi connectivity index (χ0n) is 16.1. The van der Waals surface area contributed by atoms with Crippen LogP contribution in [0.25, 0.3) is 0 Å². The number of primary amides is 1. The third kappa shape index (κ3) is 10.2. The molecule has 8 nitrogen and oxygen atoms in total. The van der Waals surface area contributed by atoms with Crippen molar-refractivity contribution in [1.82, 2.24) is 10.6 Å². The van der Waals surface area contributed by atoms with Gasteiger partial charge in [-0.15, -0.1) is 0 Å². The van der Waals surface area contributed by atoms with E-state index in [1.165, 1.54) is 0 Å². The number of nitrogens with two attached hydrogens (primary N) is 1. The van der Waals surface area contributed by atoms with Crippen LogP contribution in [0.4, 0.5) is 4.79 Å². The van der Waals surface area contributed by atoms with Crippen molar-refractivity contribution >= 4 is 17.9 Å². The van der Waals surface area contributed by atoms with E-state index in [2.05, 4.69) is 10.6 Å². The minimum Gasteiger partial charge on any atom is -0.445 e. The van der Waals surface area contributed by atoms with Gasteiger partial charge in [-0.05, 0) is 31.7 Å². The first-order valence-electron chi connectivity index (χ1n) is 9.35. The number of nitriles is 1. The molecule has 0 radical (unpaired) electrons. The van der Waals surface area contributed by atoms with E-state index in [9.17, 15) is 14.4 Å². The highest BCUT2D eigenvalue weighted by atomic mass is 16.5. The predicted molar refractivity (Wildman–Crippen MR) is 104 cm³/mol. The summed E-state index contributed by atoms with van der Waals surface area (Å²) in [6.45, 7) is 2.34. The molecule has 3 amide bonds. The Morgan fingerprint density at radius 1 is 1.18 bits per heavy atom. The molecule has 0 unspecified atom stereocenters. The molecule has 2 atom stereocenters. The number of unbranched alkanes of at least 4 members (excludes halogenated alkanes) is 2. The fourth-order valence-electron chi connectivity index (χ4n) is 2.47. The summed E-state index contributed by atoms with van der Waals surface area (Å²) in [5, 5.41) is 14.0. The topological polar surface area (TPSA) is 134 Å². The smallest absolute Gasteiger partial charge is 0.407 e. The van der Waals surface area contributed by atoms with Gasteiger partial charge in [0, 0.05) is 18.9 Å². The molecule has 0 saturated carbocycles. The molecular weight excluding hydrogens is 360 g/mol. The number of nitrogens with zero attached hydrogens (tertiary/aromatic N) is 1. The lowest BCUT2D eigenvalue weighted by Crippen LogP contribution is -2.45. The minimum atomic E-state index is -0.830. The number of nitrogens with one attached hydrogen (secondary N) is 2. The Labute approximate surface area is 165 Å². The van der Waals surface area contributed by atoms with E-state index in [0.29, 0.717) is 19.4 Å². The molecule has 1 aromatic rings. The first kappa shape index (κ1) is 23.0. The van der Waals surface area contributed by atoms with Gasteiger partial charge in [0.2, 0.25) is 11.8 Å². The second-order valence-corrected chi connectivity index (χ2v) is 6.59. The van der Waals surface area contributed by atoms with Crippen molar-refractivity contribution in [1.29, 1.82) is 5.26 Å². The molecule has 1 rings (SSSR count). The summed E-state index contributed by atoms with van der Waals surface area (Å²) in [7, 11) is 0. The number of carbonyl (C=O) groups is 3. The van der Waals surface area contributed by atoms with Crippen molar-refractivity contribution < 1.29 is 19.1 Å². The van der Waals surface area contributed by atoms with E-state index in [-0.39, 0.29) is 31.3 Å². The molecule has 152 valence electrons. The fourth-order valence-corrected chi connectivity index (χ4v) is 2.47. The second kappa shape index (κ2) is 13.1. The Kier molecular flexibility index (Phi) is 10.8. The lowest BCUT2D eigenvalue weighted by molar-refractivity contribution is -0.127. The first-order chi connectivity index (χ1) is 13.4. The van der Waals surface area contributed by atoms with Crippen molar-refractivity contribution in [3.05, 3.63) is 35.9 Å². The van der Waals surface area contributed by atoms with Crippen LogP contribution in [-0.4, -0.2) is 30.5 Å². The van der Waals surface area contributed by atoms with Crippen LogP contribution in [0.1, 0.15) is 44.6 Å². The van der Waals surface area contributed by atoms with Crippen LogP contribution in [0, 0.1) is 17.2 Å². The van der Waals surface area contributed by atoms with Crippen molar-refractivity contribution in [3.63, 3.8) is 0 Å². The largest absolute Gasteiger partial charge is 0.445 e. The Balaban J connectivity index is 2.11. The lowest BCUT2D eigenvalue weighted by atomic mass is 10.0. The predicted octanol–water partition coefficient (Wildman–Crippen LogP) is 1.99. The zero-order valence-corrected chi connectivity index (χ0v) is 16.1. The molecule has 0 bridgehead atoms. The Bertz CT molecular complexity index is 673. The van der Waals surface area contributed by atoms with Gasteiger partial charge in [0.1, 0.15) is 12.6 Å². The molecular formula is C20H28N4O4. The van der Waals surface area contributed by atoms with Crippen molar-refractivity contribution in [2.75, 3.05) is 6.54 Å². The van der Waals surface area contributed by atoms with Gasteiger partial charge in [-0.1, -0.05) is 36.8 Å². The third-order valence-electron chi connectivity index (χ3n) is 4.05. The van der Waals surface area contributed by atoms with Gasteiger partial charge in [-0.3, -0.25) is 9.59 Å². The number of amides is 3. The number of alkyl carbamates (subject to hydrolysis) is 1. The summed E-state index contributed by atoms with van der Waals surface area (Å²) < 4.78 is 5.10. The molecule has 0 aliphatic rings. The van der Waals surface area contributed by atoms with Crippen LogP contribution in [0.2, 0.25) is 0 Å². The third-order valence-corrected chi connectivity index (χ3v) is 4.05. The highest BCUT2D eigenvalue weighted by molar-refractivity contribution is 5.86. The number of hydrogen-bond acceptors (Lipinski definition) is 5. The van der Waals surface area contributed by atoms with Crippen LogP contribution in [0.15, 0.2) is 30.3 Å². The fraction of sp³-hybridized carbons (Fsp3) is 0.500. The van der Waals surface area contributed by atoms with Crippen LogP contribution in [0.5, 0.6) is 0 Å². The quantitative estimate of drug-likeness (QED) is 0.471. The SMILES string of the molecule is C[C@H](C#N)C[C@H](NC(=O)CCCCCNC(=O)OCc1ccccc1)C(N)=O. The Morgan fingerprint density at radius 3 is 2.54 bits per heavy atom. The minimum absolute atomic E-state index is 0.201. The van der Waals surface area contributed by atoms with E-state index >= 15 is 0 Å². The molecule has 0 heterocycles. The summed E-state index contributed by atoms with van der Waals surface area (Å²) in [6.07, 6.45) is 2.04. The molecule has 0 aliphatic carbocycles. The average Bonchev–Trinajstić information content (AvgIpc) is 2.69. The molecule has 0 saturated heterocycles. The summed E-state index contributed by atoms with van der Waals surface area (Å²) in [5.74, 6) is -1.29. The molecule has 0 aromatic heterocycles. The second-order valence-electron chi connectivity index (χ2n) is 6.59. The monoisotopic (exact) mass is 388 g/mol. The van der Waals surface area contributed by atoms with Gasteiger partial charge in [-0.2, -0.15) is 5.26 Å². The maximum absolute atomic E-state index is 11.9. The molecule has 0 aliphatic heterocycles. The lowest BCUT2D eigenvalue weighted by Gasteiger charge is -2.16. The van der Waals surface area contributed by atoms with Crippen molar-refractivity contribution in [2.45, 2.75) is 51.7 Å². The van der Waals surface area contributed by atoms with Gasteiger partial charge in [0.05, 0.1) is 6.07 Å². The number of hydrogen-bond donors (Lipinski definition) is 3. The van der Waals surface area contributed by atoms with E-state index < -0.39 is 18.0 Å². The van der Waals surface area contributed by atoms with Crippen molar-refractivity contribution in [2.24, 2.45) is 11.7 Å². The summed E-state index contributed by atoms with van der Waals surface area (Å²) >= 11 is 0. The van der Waals surface area contributed by atoms with Crippen LogP contribution >= 0.6 is 0 Å². The molecule has 8 heteroatoms. The maximum Gasteiger partial charge on any atom is 0.407 e. The standard InChI is InChI=1S/C20H28N4O4/c1-15(13-21)12-17(19(22)26)24-18(25)10-6-3-7-11-23-20(27)28-14-16-8-4-2-5-9-16/h2,4-5,8-9,15,17H,3,6-7,10-12,14H2,1H3,(H2,22,26)(H,23,27)(H,24,25)/t15-,17-/m0/s1. The van der Waals surface area contributed by atoms with Crippen LogP contribution in [0.3, 0.4) is 0 Å². The highest BCUT2D eigenvalue weighted by Gasteiger charge is 2.20. The normalized spacial score (nSPS) is 12.3. The van der Waals surface area contributed by atoms with Gasteiger partial charge in [0.25, 0.3) is 0 Å². The van der Waals surface area contributed by atoms with E-state index in [0.717, 1.165) is 12.0 Å². The molecule has 1 aromatic carbocycles. The summed E-state index contributed by atoms with van der Waals surface area (Å²) in [4.78, 5) is 34.8. The molecule has 28 heavy (non-hydrogen) atoms. The van der Waals surface area contributed by atoms with Gasteiger partial charge in [0.15, 0.2) is 0 Å². The number of carbonyl (C=O) groups excluding carboxylic acids is 3. The van der Waals surface area contributed by atoms with Gasteiger partial charge >= 0.3 is 6.09 Å². The molecule has 0 spiro atoms. The Morgan fingerprint density at radius 2 is 1.89 bits per heavy atom. The average molecular weight is 388 g/mol. The summed E-state index contributed by atoms with van der Waals surface area (Å²) in [6, 6.07) is 10.6. The van der Waals surface area contributed by atoms with Crippen LogP contribution in [-0.2, 0) is 20.9 Å². The molecule has 0 fully saturated rings. The Hall–Kier alpha value is -3.08. The summed E-state index contributed by atoms with van der Waals surface area (Å²) in [5.41, 5.74) is 6.18. The number of ether oxygens (including phenoxy) is 1. The zero-order chi connectivity index (χ0) is 20.8. The van der Waals surface area contributed by atoms with Crippen molar-refractivity contribution in [3.8, 4) is 6.07 Å². The highest BCUT2D eigenvalue weighted by Crippen LogP contribution is 2.06. The maximum atomic E-state index is 11.9. The van der Waals surface area contributed by atoms with E-state index in [1.807, 2.05) is 36.4 Å².